The van der Waals surface area contributed by atoms with Gasteiger partial charge in [-0.2, -0.15) is 0 Å². The molecule has 83 heavy (non-hydrogen) atoms. The predicted molar refractivity (Wildman–Crippen MR) is 394 cm³/mol. The van der Waals surface area contributed by atoms with Crippen molar-refractivity contribution < 1.29 is 70.7 Å². The molecule has 0 heterocycles. The average Bonchev–Trinajstić information content (AvgIpc) is 3.26. The molecule has 0 unspecified atom stereocenters. The number of halogens is 3. The molecular weight excluding hydrogens is 1150 g/mol. The number of hydrogen-bond donors (Lipinski definition) is 0. The Labute approximate surface area is 547 Å². The SMILES string of the molecule is C.C.C.C.C.CCCC[N+](C)(CCCC)CCCC.CCC[N+](C)(CCC)CCC.CC[N+](C)(CC)CC.CC[P+](C)(CC)CC.C[N+](C)(C)C.C[N+](C)(C)C.C[N+](CCCCl)(CCCCl)CCCCl.C[P+](C)(C)C.[OH-].[OH-].[OH-].[OH-].[OH-].[OH-].[OH-].[OH-]. The van der Waals surface area contributed by atoms with Crippen molar-refractivity contribution in [1.29, 1.82) is 0 Å². The molecule has 0 aliphatic rings. The van der Waals surface area contributed by atoms with Gasteiger partial charge in [0, 0.05) is 84.8 Å². The summed E-state index contributed by atoms with van der Waals surface area (Å²) in [5.41, 5.74) is 0. The third-order valence-corrected chi connectivity index (χ3v) is 17.9. The van der Waals surface area contributed by atoms with Crippen molar-refractivity contribution in [2.45, 2.75) is 197 Å². The molecule has 0 atom stereocenters. The van der Waals surface area contributed by atoms with Gasteiger partial charge in [-0.3, -0.25) is 0 Å². The van der Waals surface area contributed by atoms with Crippen molar-refractivity contribution in [2.24, 2.45) is 0 Å². The standard InChI is InChI=1S/C13H30N.C10H21Cl3N.C10H24N.C7H18N.C7H18P.2C4H12N.C4H12P.5CH4.8H2O/c1-5-8-11-14(4,12-9-6-2)13-10-7-3;1-14(8-2-5-11,9-3-6-12)10-4-7-13;1-5-8-11(4,9-6-2)10-7-3;2*1-5-8(4,6-2)7-3;3*1-5(2,3)4;;;;;;;;;;;;;/h5-13H2,1-4H3;2-10H2,1H3;5-10H2,1-4H3;2*5-7H2,1-4H3;3*1-4H3;5*1H4;8*1H2/q8*+1;;;;;;;;;;;;;/p-8. The van der Waals surface area contributed by atoms with Crippen molar-refractivity contribution >= 4 is 49.3 Å². The Morgan fingerprint density at radius 2 is 0.398 bits per heavy atom. The summed E-state index contributed by atoms with van der Waals surface area (Å²) in [7, 11) is 25.6. The number of alkyl halides is 3. The lowest BCUT2D eigenvalue weighted by Gasteiger charge is -2.34. The fourth-order valence-corrected chi connectivity index (χ4v) is 8.61. The van der Waals surface area contributed by atoms with Gasteiger partial charge in [0.05, 0.1) is 182 Å². The molecule has 8 N–H and O–H groups in total. The van der Waals surface area contributed by atoms with Gasteiger partial charge < -0.3 is 70.7 Å². The van der Waals surface area contributed by atoms with Gasteiger partial charge in [0.2, 0.25) is 0 Å². The molecule has 0 aromatic heterocycles. The van der Waals surface area contributed by atoms with Gasteiger partial charge in [-0.25, -0.2) is 0 Å². The molecular formula is C64H175Cl3N6O8P2. The molecule has 0 fully saturated rings. The van der Waals surface area contributed by atoms with E-state index in [4.69, 9.17) is 34.8 Å². The van der Waals surface area contributed by atoms with Crippen LogP contribution in [0.2, 0.25) is 0 Å². The van der Waals surface area contributed by atoms with Crippen LogP contribution >= 0.6 is 49.3 Å². The Bertz CT molecular complexity index is 861. The van der Waals surface area contributed by atoms with E-state index in [1.165, 1.54) is 149 Å². The number of hydrogen-bond acceptors (Lipinski definition) is 8. The fraction of sp³-hybridized carbons (Fsp3) is 1.00. The maximum absolute atomic E-state index is 5.71. The first-order valence-corrected chi connectivity index (χ1v) is 37.1. The average molecular weight is 1330 g/mol. The van der Waals surface area contributed by atoms with Crippen molar-refractivity contribution in [3.8, 4) is 0 Å². The summed E-state index contributed by atoms with van der Waals surface area (Å²) in [5, 5.41) is 0. The number of rotatable bonds is 30. The first-order valence-electron chi connectivity index (χ1n) is 29.1. The summed E-state index contributed by atoms with van der Waals surface area (Å²) in [6.07, 6.45) is 19.7. The third-order valence-electron chi connectivity index (χ3n) is 12.5. The van der Waals surface area contributed by atoms with Gasteiger partial charge in [0.1, 0.15) is 0 Å². The fourth-order valence-electron chi connectivity index (χ4n) is 6.91. The maximum atomic E-state index is 5.71. The molecule has 540 valence electrons. The van der Waals surface area contributed by atoms with Crippen molar-refractivity contribution in [3.63, 3.8) is 0 Å². The van der Waals surface area contributed by atoms with Gasteiger partial charge in [0.25, 0.3) is 0 Å². The van der Waals surface area contributed by atoms with Gasteiger partial charge in [-0.15, -0.1) is 34.8 Å². The van der Waals surface area contributed by atoms with E-state index in [0.717, 1.165) is 70.0 Å². The van der Waals surface area contributed by atoms with E-state index < -0.39 is 7.26 Å². The Morgan fingerprint density at radius 3 is 0.482 bits per heavy atom. The van der Waals surface area contributed by atoms with E-state index in [9.17, 15) is 0 Å². The first kappa shape index (κ1) is 146. The minimum absolute atomic E-state index is 0. The van der Waals surface area contributed by atoms with E-state index in [-0.39, 0.29) is 88.2 Å². The Kier molecular flexibility index (Phi) is 157. The lowest BCUT2D eigenvalue weighted by molar-refractivity contribution is -0.910. The molecule has 19 heteroatoms. The van der Waals surface area contributed by atoms with Crippen LogP contribution in [0, 0.1) is 0 Å². The van der Waals surface area contributed by atoms with Gasteiger partial charge in [0.15, 0.2) is 0 Å². The molecule has 0 bridgehead atoms. The van der Waals surface area contributed by atoms with Crippen LogP contribution in [-0.4, -0.2) is 303 Å². The van der Waals surface area contributed by atoms with Gasteiger partial charge in [-0.05, 0) is 80.1 Å². The van der Waals surface area contributed by atoms with Crippen LogP contribution < -0.4 is 0 Å². The number of nitrogens with zero attached hydrogens (tertiary/aromatic N) is 6. The second-order valence-corrected chi connectivity index (χ2v) is 37.4. The quantitative estimate of drug-likeness (QED) is 0.0380. The smallest absolute Gasteiger partial charge is 0.0796 e. The van der Waals surface area contributed by atoms with Crippen LogP contribution in [0.1, 0.15) is 197 Å². The monoisotopic (exact) mass is 1320 g/mol. The molecule has 14 nitrogen and oxygen atoms in total. The Balaban J connectivity index is -0.0000000279. The molecule has 0 radical (unpaired) electrons. The lowest BCUT2D eigenvalue weighted by Crippen LogP contribution is -2.46. The van der Waals surface area contributed by atoms with Crippen LogP contribution in [0.5, 0.6) is 0 Å². The molecule has 0 saturated carbocycles. The Morgan fingerprint density at radius 1 is 0.253 bits per heavy atom. The minimum Gasteiger partial charge on any atom is -0.870 e. The zero-order valence-corrected chi connectivity index (χ0v) is 62.6. The summed E-state index contributed by atoms with van der Waals surface area (Å²) in [6.45, 7) is 54.5. The topological polar surface area (TPSA) is 240 Å². The summed E-state index contributed by atoms with van der Waals surface area (Å²) < 4.78 is 6.87. The van der Waals surface area contributed by atoms with Gasteiger partial charge >= 0.3 is 0 Å². The number of quaternary nitrogens is 6. The highest BCUT2D eigenvalue weighted by molar-refractivity contribution is 7.75. The van der Waals surface area contributed by atoms with E-state index in [1.807, 2.05) is 0 Å². The minimum atomic E-state index is -0.412. The summed E-state index contributed by atoms with van der Waals surface area (Å²) >= 11 is 17.1. The molecule has 0 spiro atoms. The maximum Gasteiger partial charge on any atom is 0.0796 e. The zero-order chi connectivity index (χ0) is 57.2. The summed E-state index contributed by atoms with van der Waals surface area (Å²) in [5.74, 6) is 2.24. The largest absolute Gasteiger partial charge is 0.870 e. The van der Waals surface area contributed by atoms with Crippen molar-refractivity contribution in [2.75, 3.05) is 233 Å². The lowest BCUT2D eigenvalue weighted by atomic mass is 10.2. The normalized spacial score (nSPS) is 10.1. The molecule has 0 aromatic rings. The van der Waals surface area contributed by atoms with Crippen LogP contribution in [0.15, 0.2) is 0 Å². The first-order chi connectivity index (χ1) is 31.9. The van der Waals surface area contributed by atoms with E-state index in [0.29, 0.717) is 0 Å². The zero-order valence-electron chi connectivity index (χ0n) is 58.5. The molecule has 0 rings (SSSR count). The second-order valence-electron chi connectivity index (χ2n) is 25.7. The predicted octanol–water partition coefficient (Wildman–Crippen LogP) is 17.9. The van der Waals surface area contributed by atoms with E-state index in [2.05, 4.69) is 201 Å². The van der Waals surface area contributed by atoms with E-state index >= 15 is 0 Å². The highest BCUT2D eigenvalue weighted by Gasteiger charge is 2.23. The summed E-state index contributed by atoms with van der Waals surface area (Å²) in [4.78, 5) is 0. The second kappa shape index (κ2) is 89.6. The molecule has 0 amide bonds. The van der Waals surface area contributed by atoms with Crippen LogP contribution in [0.3, 0.4) is 0 Å². The molecule has 0 saturated heterocycles. The van der Waals surface area contributed by atoms with E-state index in [1.54, 1.807) is 0 Å². The van der Waals surface area contributed by atoms with Crippen LogP contribution in [-0.2, 0) is 0 Å². The molecule has 0 aromatic carbocycles. The summed E-state index contributed by atoms with van der Waals surface area (Å²) in [6, 6.07) is 0. The van der Waals surface area contributed by atoms with Crippen LogP contribution in [0.4, 0.5) is 0 Å². The molecule has 0 aliphatic heterocycles. The number of unbranched alkanes of at least 4 members (excludes halogenated alkanes) is 3. The van der Waals surface area contributed by atoms with Crippen molar-refractivity contribution in [3.05, 3.63) is 0 Å². The van der Waals surface area contributed by atoms with Crippen LogP contribution in [0.25, 0.3) is 0 Å². The third kappa shape index (κ3) is 146. The molecule has 0 aliphatic carbocycles. The highest BCUT2D eigenvalue weighted by atomic mass is 35.5. The highest BCUT2D eigenvalue weighted by Crippen LogP contribution is 2.53. The Hall–Kier alpha value is 1.17. The van der Waals surface area contributed by atoms with Crippen molar-refractivity contribution in [1.82, 2.24) is 0 Å². The van der Waals surface area contributed by atoms with Gasteiger partial charge in [-0.1, -0.05) is 97.9 Å².